The number of hydrogen-bond donors (Lipinski definition) is 0. The topological polar surface area (TPSA) is 49.9 Å². The predicted octanol–water partition coefficient (Wildman–Crippen LogP) is 3.56. The minimum atomic E-state index is -4.34. The van der Waals surface area contributed by atoms with Crippen molar-refractivity contribution < 1.29 is 27.5 Å². The van der Waals surface area contributed by atoms with Gasteiger partial charge in [-0.25, -0.2) is 0 Å². The van der Waals surface area contributed by atoms with Crippen LogP contribution in [0.3, 0.4) is 0 Å². The van der Waals surface area contributed by atoms with E-state index in [0.29, 0.717) is 37.5 Å². The van der Waals surface area contributed by atoms with Crippen LogP contribution in [0.1, 0.15) is 34.0 Å². The van der Waals surface area contributed by atoms with Gasteiger partial charge in [-0.3, -0.25) is 14.5 Å². The van der Waals surface area contributed by atoms with Crippen LogP contribution in [0.15, 0.2) is 42.5 Å². The molecular weight excluding hydrogens is 409 g/mol. The van der Waals surface area contributed by atoms with Crippen LogP contribution in [0.4, 0.5) is 13.2 Å². The van der Waals surface area contributed by atoms with Crippen molar-refractivity contribution in [2.75, 3.05) is 26.2 Å². The first-order valence-electron chi connectivity index (χ1n) is 10.2. The molecule has 8 heteroatoms. The molecule has 2 heterocycles. The van der Waals surface area contributed by atoms with Crippen molar-refractivity contribution in [3.63, 3.8) is 0 Å². The maximum atomic E-state index is 13.0. The van der Waals surface area contributed by atoms with Gasteiger partial charge in [0.15, 0.2) is 5.78 Å². The van der Waals surface area contributed by atoms with Gasteiger partial charge in [0.25, 0.3) is 5.91 Å². The average Bonchev–Trinajstić information content (AvgIpc) is 2.74. The molecular formula is C23H23F3N2O3. The molecule has 1 amide bonds. The molecule has 31 heavy (non-hydrogen) atoms. The average molecular weight is 432 g/mol. The highest BCUT2D eigenvalue weighted by Gasteiger charge is 2.31. The number of ether oxygens (including phenoxy) is 1. The van der Waals surface area contributed by atoms with Gasteiger partial charge in [0.1, 0.15) is 12.4 Å². The highest BCUT2D eigenvalue weighted by molar-refractivity contribution is 5.95. The number of hydrogen-bond acceptors (Lipinski definition) is 4. The molecule has 1 fully saturated rings. The Kier molecular flexibility index (Phi) is 5.75. The molecule has 0 saturated carbocycles. The van der Waals surface area contributed by atoms with Crippen LogP contribution in [-0.2, 0) is 23.9 Å². The molecule has 2 aliphatic rings. The number of carbonyl (C=O) groups is 2. The van der Waals surface area contributed by atoms with Crippen LogP contribution >= 0.6 is 0 Å². The summed E-state index contributed by atoms with van der Waals surface area (Å²) in [7, 11) is 0. The molecule has 5 nitrogen and oxygen atoms in total. The second-order valence-corrected chi connectivity index (χ2v) is 8.09. The Hall–Kier alpha value is -2.87. The lowest BCUT2D eigenvalue weighted by atomic mass is 10.0. The number of rotatable bonds is 3. The molecule has 4 rings (SSSR count). The lowest BCUT2D eigenvalue weighted by Crippen LogP contribution is -2.53. The summed E-state index contributed by atoms with van der Waals surface area (Å²) in [4.78, 5) is 28.5. The Morgan fingerprint density at radius 3 is 2.55 bits per heavy atom. The molecule has 0 radical (unpaired) electrons. The summed E-state index contributed by atoms with van der Waals surface area (Å²) in [6, 6.07) is 10.5. The summed E-state index contributed by atoms with van der Waals surface area (Å²) in [5.74, 6) is 0.537. The number of benzene rings is 2. The summed E-state index contributed by atoms with van der Waals surface area (Å²) in [6.07, 6.45) is -4.07. The molecule has 2 aromatic carbocycles. The van der Waals surface area contributed by atoms with Crippen molar-refractivity contribution in [2.24, 2.45) is 0 Å². The van der Waals surface area contributed by atoms with E-state index in [9.17, 15) is 22.8 Å². The number of ketones is 1. The maximum Gasteiger partial charge on any atom is 0.416 e. The largest absolute Gasteiger partial charge is 0.486 e. The second-order valence-electron chi connectivity index (χ2n) is 8.09. The van der Waals surface area contributed by atoms with E-state index in [1.54, 1.807) is 23.1 Å². The predicted molar refractivity (Wildman–Crippen MR) is 108 cm³/mol. The number of amides is 1. The summed E-state index contributed by atoms with van der Waals surface area (Å²) in [5.41, 5.74) is 1.41. The van der Waals surface area contributed by atoms with Crippen molar-refractivity contribution in [3.8, 4) is 5.75 Å². The van der Waals surface area contributed by atoms with Crippen LogP contribution in [-0.4, -0.2) is 53.8 Å². The van der Waals surface area contributed by atoms with Crippen LogP contribution < -0.4 is 4.74 Å². The van der Waals surface area contributed by atoms with E-state index in [4.69, 9.17) is 4.74 Å². The van der Waals surface area contributed by atoms with Crippen molar-refractivity contribution in [1.29, 1.82) is 0 Å². The molecule has 0 aromatic heterocycles. The normalized spacial score (nSPS) is 19.7. The molecule has 0 N–H and O–H groups in total. The van der Waals surface area contributed by atoms with Crippen LogP contribution in [0, 0.1) is 0 Å². The first-order valence-corrected chi connectivity index (χ1v) is 10.2. The van der Waals surface area contributed by atoms with E-state index >= 15 is 0 Å². The van der Waals surface area contributed by atoms with Crippen LogP contribution in [0.25, 0.3) is 0 Å². The highest BCUT2D eigenvalue weighted by Crippen LogP contribution is 2.29. The van der Waals surface area contributed by atoms with Crippen molar-refractivity contribution >= 4 is 11.7 Å². The molecule has 0 aliphatic carbocycles. The zero-order valence-electron chi connectivity index (χ0n) is 17.1. The zero-order valence-corrected chi connectivity index (χ0v) is 17.1. The number of carbonyl (C=O) groups excluding carboxylic acids is 2. The third kappa shape index (κ3) is 4.74. The zero-order chi connectivity index (χ0) is 22.2. The van der Waals surface area contributed by atoms with Gasteiger partial charge in [-0.1, -0.05) is 12.1 Å². The van der Waals surface area contributed by atoms with Crippen molar-refractivity contribution in [1.82, 2.24) is 9.80 Å². The number of alkyl halides is 3. The summed E-state index contributed by atoms with van der Waals surface area (Å²) in [6.45, 7) is 4.27. The van der Waals surface area contributed by atoms with E-state index in [1.165, 1.54) is 12.1 Å². The Balaban J connectivity index is 1.38. The van der Waals surface area contributed by atoms with Gasteiger partial charge in [0.2, 0.25) is 0 Å². The van der Waals surface area contributed by atoms with Gasteiger partial charge in [0, 0.05) is 49.8 Å². The minimum absolute atomic E-state index is 0.0115. The van der Waals surface area contributed by atoms with E-state index < -0.39 is 11.7 Å². The van der Waals surface area contributed by atoms with Crippen molar-refractivity contribution in [3.05, 3.63) is 64.7 Å². The second kappa shape index (κ2) is 8.34. The third-order valence-electron chi connectivity index (χ3n) is 5.80. The molecule has 1 saturated heterocycles. The standard InChI is InChI=1S/C23H23F3N2O3/c1-15-12-28(22(30)17-4-7-21-18(10-17)11-20(29)14-31-21)9-8-27(15)13-16-2-5-19(6-3-16)23(24,25)26/h2-7,10,15H,8-9,11-14H2,1H3. The maximum absolute atomic E-state index is 13.0. The number of fused-ring (bicyclic) bond motifs is 1. The fourth-order valence-electron chi connectivity index (χ4n) is 4.04. The minimum Gasteiger partial charge on any atom is -0.486 e. The first-order chi connectivity index (χ1) is 14.7. The lowest BCUT2D eigenvalue weighted by molar-refractivity contribution is -0.137. The Morgan fingerprint density at radius 2 is 1.87 bits per heavy atom. The molecule has 2 aliphatic heterocycles. The van der Waals surface area contributed by atoms with Gasteiger partial charge < -0.3 is 9.64 Å². The van der Waals surface area contributed by atoms with Crippen LogP contribution in [0.5, 0.6) is 5.75 Å². The van der Waals surface area contributed by atoms with Gasteiger partial charge in [-0.2, -0.15) is 13.2 Å². The highest BCUT2D eigenvalue weighted by atomic mass is 19.4. The smallest absolute Gasteiger partial charge is 0.416 e. The molecule has 2 aromatic rings. The van der Waals surface area contributed by atoms with Crippen molar-refractivity contribution in [2.45, 2.75) is 32.1 Å². The third-order valence-corrected chi connectivity index (χ3v) is 5.80. The summed E-state index contributed by atoms with van der Waals surface area (Å²) < 4.78 is 43.6. The number of piperazine rings is 1. The fraction of sp³-hybridized carbons (Fsp3) is 0.391. The number of Topliss-reactive ketones (excluding diaryl/α,β-unsaturated/α-hetero) is 1. The number of nitrogens with zero attached hydrogens (tertiary/aromatic N) is 2. The van der Waals surface area contributed by atoms with E-state index in [1.807, 2.05) is 6.92 Å². The van der Waals surface area contributed by atoms with E-state index in [0.717, 1.165) is 23.3 Å². The lowest BCUT2D eigenvalue weighted by Gasteiger charge is -2.40. The van der Waals surface area contributed by atoms with Gasteiger partial charge in [0.05, 0.1) is 5.56 Å². The fourth-order valence-corrected chi connectivity index (χ4v) is 4.04. The molecule has 1 unspecified atom stereocenters. The first kappa shape index (κ1) is 21.4. The monoisotopic (exact) mass is 432 g/mol. The molecule has 164 valence electrons. The van der Waals surface area contributed by atoms with Gasteiger partial charge in [-0.15, -0.1) is 0 Å². The van der Waals surface area contributed by atoms with Crippen LogP contribution in [0.2, 0.25) is 0 Å². The molecule has 0 bridgehead atoms. The summed E-state index contributed by atoms with van der Waals surface area (Å²) >= 11 is 0. The summed E-state index contributed by atoms with van der Waals surface area (Å²) in [5, 5.41) is 0. The van der Waals surface area contributed by atoms with E-state index in [-0.39, 0.29) is 30.8 Å². The van der Waals surface area contributed by atoms with E-state index in [2.05, 4.69) is 4.90 Å². The Labute approximate surface area is 178 Å². The molecule has 1 atom stereocenters. The Morgan fingerprint density at radius 1 is 1.13 bits per heavy atom. The van der Waals surface area contributed by atoms with Gasteiger partial charge >= 0.3 is 6.18 Å². The Bertz CT molecular complexity index is 989. The SMILES string of the molecule is CC1CN(C(=O)c2ccc3c(c2)CC(=O)CO3)CCN1Cc1ccc(C(F)(F)F)cc1. The quantitative estimate of drug-likeness (QED) is 0.745. The van der Waals surface area contributed by atoms with Gasteiger partial charge in [-0.05, 0) is 42.8 Å². The number of halogens is 3. The molecule has 0 spiro atoms.